The molecule has 3 aromatic heterocycles. The number of para-hydroxylation sites is 1. The highest BCUT2D eigenvalue weighted by Gasteiger charge is 2.21. The first-order valence-corrected chi connectivity index (χ1v) is 8.77. The van der Waals surface area contributed by atoms with Crippen LogP contribution in [0, 0.1) is 0 Å². The molecular formula is C18H15N3O3S. The van der Waals surface area contributed by atoms with Crippen LogP contribution in [0.25, 0.3) is 21.7 Å². The summed E-state index contributed by atoms with van der Waals surface area (Å²) in [6.07, 6.45) is 0. The number of thiophene rings is 1. The number of fused-ring (bicyclic) bond motifs is 1. The summed E-state index contributed by atoms with van der Waals surface area (Å²) in [5.74, 6) is 1.04. The molecule has 4 aromatic rings. The SMILES string of the molecule is CCN(Cc1nc(-c2cccs2)no1)C(=O)c1cc2ccccc2o1. The van der Waals surface area contributed by atoms with E-state index in [0.717, 1.165) is 10.3 Å². The van der Waals surface area contributed by atoms with E-state index in [-0.39, 0.29) is 12.5 Å². The fourth-order valence-electron chi connectivity index (χ4n) is 2.56. The van der Waals surface area contributed by atoms with E-state index in [4.69, 9.17) is 8.94 Å². The Bertz CT molecular complexity index is 971. The zero-order valence-electron chi connectivity index (χ0n) is 13.5. The predicted octanol–water partition coefficient (Wildman–Crippen LogP) is 4.21. The molecule has 0 aliphatic carbocycles. The molecule has 25 heavy (non-hydrogen) atoms. The standard InChI is InChI=1S/C18H15N3O3S/c1-2-21(11-16-19-17(20-24-16)15-8-5-9-25-15)18(22)14-10-12-6-3-4-7-13(12)23-14/h3-10H,2,11H2,1H3. The number of hydrogen-bond donors (Lipinski definition) is 0. The fraction of sp³-hybridized carbons (Fsp3) is 0.167. The van der Waals surface area contributed by atoms with Gasteiger partial charge >= 0.3 is 0 Å². The molecule has 0 aliphatic rings. The monoisotopic (exact) mass is 353 g/mol. The lowest BCUT2D eigenvalue weighted by Crippen LogP contribution is -2.30. The minimum Gasteiger partial charge on any atom is -0.451 e. The second-order valence-corrected chi connectivity index (χ2v) is 6.40. The first-order valence-electron chi connectivity index (χ1n) is 7.89. The van der Waals surface area contributed by atoms with Gasteiger partial charge in [0.25, 0.3) is 5.91 Å². The van der Waals surface area contributed by atoms with Crippen molar-refractivity contribution in [3.63, 3.8) is 0 Å². The number of amides is 1. The summed E-state index contributed by atoms with van der Waals surface area (Å²) in [4.78, 5) is 19.6. The van der Waals surface area contributed by atoms with Crippen molar-refractivity contribution in [3.8, 4) is 10.7 Å². The first kappa shape index (κ1) is 15.6. The molecule has 1 amide bonds. The second kappa shape index (κ2) is 6.52. The molecule has 0 aliphatic heterocycles. The van der Waals surface area contributed by atoms with Crippen LogP contribution in [-0.2, 0) is 6.54 Å². The van der Waals surface area contributed by atoms with Crippen molar-refractivity contribution in [2.75, 3.05) is 6.54 Å². The van der Waals surface area contributed by atoms with E-state index < -0.39 is 0 Å². The highest BCUT2D eigenvalue weighted by atomic mass is 32.1. The van der Waals surface area contributed by atoms with Crippen molar-refractivity contribution in [1.29, 1.82) is 0 Å². The van der Waals surface area contributed by atoms with Crippen molar-refractivity contribution in [3.05, 3.63) is 59.5 Å². The van der Waals surface area contributed by atoms with E-state index in [1.54, 1.807) is 11.0 Å². The Morgan fingerprint density at radius 3 is 2.88 bits per heavy atom. The van der Waals surface area contributed by atoms with E-state index in [1.807, 2.05) is 48.7 Å². The summed E-state index contributed by atoms with van der Waals surface area (Å²) in [5, 5.41) is 6.83. The molecule has 126 valence electrons. The Kier molecular flexibility index (Phi) is 4.07. The second-order valence-electron chi connectivity index (χ2n) is 5.46. The Hall–Kier alpha value is -2.93. The summed E-state index contributed by atoms with van der Waals surface area (Å²) in [6.45, 7) is 2.65. The van der Waals surface area contributed by atoms with Gasteiger partial charge in [0, 0.05) is 11.9 Å². The van der Waals surface area contributed by atoms with Crippen LogP contribution in [-0.4, -0.2) is 27.5 Å². The predicted molar refractivity (Wildman–Crippen MR) is 94.2 cm³/mol. The van der Waals surface area contributed by atoms with Crippen LogP contribution >= 0.6 is 11.3 Å². The van der Waals surface area contributed by atoms with Gasteiger partial charge in [0.15, 0.2) is 5.76 Å². The molecule has 4 rings (SSSR count). The maximum Gasteiger partial charge on any atom is 0.290 e. The van der Waals surface area contributed by atoms with Gasteiger partial charge < -0.3 is 13.8 Å². The summed E-state index contributed by atoms with van der Waals surface area (Å²) < 4.78 is 10.9. The minimum absolute atomic E-state index is 0.199. The third-order valence-corrected chi connectivity index (χ3v) is 4.71. The zero-order chi connectivity index (χ0) is 17.2. The van der Waals surface area contributed by atoms with Crippen LogP contribution < -0.4 is 0 Å². The van der Waals surface area contributed by atoms with Crippen LogP contribution in [0.3, 0.4) is 0 Å². The van der Waals surface area contributed by atoms with Crippen LogP contribution in [0.4, 0.5) is 0 Å². The number of hydrogen-bond acceptors (Lipinski definition) is 6. The van der Waals surface area contributed by atoms with E-state index in [0.29, 0.717) is 29.6 Å². The lowest BCUT2D eigenvalue weighted by atomic mass is 10.2. The van der Waals surface area contributed by atoms with E-state index >= 15 is 0 Å². The van der Waals surface area contributed by atoms with E-state index in [9.17, 15) is 4.79 Å². The van der Waals surface area contributed by atoms with Crippen LogP contribution in [0.5, 0.6) is 0 Å². The first-order chi connectivity index (χ1) is 12.2. The van der Waals surface area contributed by atoms with Gasteiger partial charge in [0.1, 0.15) is 12.1 Å². The Labute approximate surface area is 147 Å². The zero-order valence-corrected chi connectivity index (χ0v) is 14.3. The molecule has 7 heteroatoms. The molecule has 6 nitrogen and oxygen atoms in total. The lowest BCUT2D eigenvalue weighted by molar-refractivity contribution is 0.0705. The Balaban J connectivity index is 1.54. The molecular weight excluding hydrogens is 338 g/mol. The number of furan rings is 1. The van der Waals surface area contributed by atoms with Crippen LogP contribution in [0.2, 0.25) is 0 Å². The van der Waals surface area contributed by atoms with Crippen molar-refractivity contribution >= 4 is 28.2 Å². The normalized spacial score (nSPS) is 11.1. The number of aromatic nitrogens is 2. The highest BCUT2D eigenvalue weighted by molar-refractivity contribution is 7.13. The van der Waals surface area contributed by atoms with Crippen molar-refractivity contribution in [2.45, 2.75) is 13.5 Å². The maximum atomic E-state index is 12.7. The van der Waals surface area contributed by atoms with Crippen LogP contribution in [0.1, 0.15) is 23.4 Å². The number of benzene rings is 1. The topological polar surface area (TPSA) is 72.4 Å². The fourth-order valence-corrected chi connectivity index (χ4v) is 3.21. The Morgan fingerprint density at radius 1 is 1.24 bits per heavy atom. The molecule has 0 saturated heterocycles. The number of nitrogens with zero attached hydrogens (tertiary/aromatic N) is 3. The van der Waals surface area contributed by atoms with Gasteiger partial charge in [0.2, 0.25) is 11.7 Å². The third kappa shape index (κ3) is 3.06. The third-order valence-electron chi connectivity index (χ3n) is 3.84. The van der Waals surface area contributed by atoms with Crippen molar-refractivity contribution < 1.29 is 13.7 Å². The van der Waals surface area contributed by atoms with Gasteiger partial charge in [-0.1, -0.05) is 29.4 Å². The summed E-state index contributed by atoms with van der Waals surface area (Å²) in [5.41, 5.74) is 0.694. The highest BCUT2D eigenvalue weighted by Crippen LogP contribution is 2.23. The number of carbonyl (C=O) groups excluding carboxylic acids is 1. The van der Waals surface area contributed by atoms with Gasteiger partial charge in [-0.15, -0.1) is 11.3 Å². The molecule has 0 atom stereocenters. The molecule has 0 fully saturated rings. The molecule has 3 heterocycles. The van der Waals surface area contributed by atoms with Gasteiger partial charge in [-0.05, 0) is 30.5 Å². The van der Waals surface area contributed by atoms with Crippen LogP contribution in [0.15, 0.2) is 56.8 Å². The van der Waals surface area contributed by atoms with Gasteiger partial charge in [0.05, 0.1) is 4.88 Å². The van der Waals surface area contributed by atoms with Gasteiger partial charge in [-0.2, -0.15) is 4.98 Å². The molecule has 0 saturated carbocycles. The van der Waals surface area contributed by atoms with E-state index in [1.165, 1.54) is 11.3 Å². The molecule has 0 N–H and O–H groups in total. The van der Waals surface area contributed by atoms with E-state index in [2.05, 4.69) is 10.1 Å². The average molecular weight is 353 g/mol. The van der Waals surface area contributed by atoms with Gasteiger partial charge in [-0.3, -0.25) is 4.79 Å². The Morgan fingerprint density at radius 2 is 2.12 bits per heavy atom. The summed E-state index contributed by atoms with van der Waals surface area (Å²) >= 11 is 1.54. The summed E-state index contributed by atoms with van der Waals surface area (Å²) in [6, 6.07) is 13.2. The molecule has 1 aromatic carbocycles. The smallest absolute Gasteiger partial charge is 0.290 e. The lowest BCUT2D eigenvalue weighted by Gasteiger charge is -2.16. The number of rotatable bonds is 5. The summed E-state index contributed by atoms with van der Waals surface area (Å²) in [7, 11) is 0. The quantitative estimate of drug-likeness (QED) is 0.537. The molecule has 0 bridgehead atoms. The van der Waals surface area contributed by atoms with Crippen molar-refractivity contribution in [1.82, 2.24) is 15.0 Å². The molecule has 0 spiro atoms. The van der Waals surface area contributed by atoms with Crippen molar-refractivity contribution in [2.24, 2.45) is 0 Å². The largest absolute Gasteiger partial charge is 0.451 e. The maximum absolute atomic E-state index is 12.7. The molecule has 0 unspecified atom stereocenters. The minimum atomic E-state index is -0.199. The molecule has 0 radical (unpaired) electrons. The number of carbonyl (C=O) groups is 1. The van der Waals surface area contributed by atoms with Gasteiger partial charge in [-0.25, -0.2) is 0 Å². The average Bonchev–Trinajstić information content (AvgIpc) is 3.38.